The van der Waals surface area contributed by atoms with Crippen LogP contribution in [-0.2, 0) is 30.2 Å². The van der Waals surface area contributed by atoms with Crippen LogP contribution in [0.3, 0.4) is 0 Å². The zero-order valence-corrected chi connectivity index (χ0v) is 36.9. The van der Waals surface area contributed by atoms with Gasteiger partial charge in [-0.2, -0.15) is 0 Å². The topological polar surface area (TPSA) is 198 Å². The number of methoxy groups -OCH3 is 2. The first kappa shape index (κ1) is 44.0. The van der Waals surface area contributed by atoms with E-state index in [-0.39, 0.29) is 34.8 Å². The normalized spacial score (nSPS) is 18.5. The predicted octanol–water partition coefficient (Wildman–Crippen LogP) is 7.67. The van der Waals surface area contributed by atoms with Gasteiger partial charge in [-0.15, -0.1) is 0 Å². The molecule has 0 spiro atoms. The van der Waals surface area contributed by atoms with E-state index in [1.807, 2.05) is 72.8 Å². The summed E-state index contributed by atoms with van der Waals surface area (Å²) in [6, 6.07) is 31.1. The van der Waals surface area contributed by atoms with Gasteiger partial charge in [-0.05, 0) is 40.7 Å². The van der Waals surface area contributed by atoms with Gasteiger partial charge in [0.05, 0.1) is 56.7 Å². The third kappa shape index (κ3) is 9.35. The number of halogens is 1. The van der Waals surface area contributed by atoms with Gasteiger partial charge >= 0.3 is 12.2 Å². The standard InChI is InChI=1S/C47H47ClN8O7S/c1-62-46(59)52-39(31-11-6-4-7-12-31)44(57)55-24-10-15-36(55)42-49-26-35(50-42)30-20-16-28(17-21-30)29-18-22-33(23-19-29)38-41(48)54-43(51-38)37-25-34(64(3)61)27-56(37)45(58)40(53-47(60)63-2)32-13-8-5-9-14-32/h4-9,11-14,16-23,26,34,36-37,39-40H,10,15,24-25,27H2,1-3H3,(H,49,50)(H,51,54)(H,52,59)(H,53,60)/t34-,36-,37-,39-,40-,64?/m0/s1. The number of likely N-dealkylation sites (tertiary alicyclic amines) is 2. The van der Waals surface area contributed by atoms with Crippen LogP contribution in [0.1, 0.15) is 66.2 Å². The molecule has 0 radical (unpaired) electrons. The minimum atomic E-state index is -1.23. The molecule has 4 N–H and O–H groups in total. The molecule has 6 atom stereocenters. The van der Waals surface area contributed by atoms with E-state index < -0.39 is 41.5 Å². The molecule has 1 unspecified atom stereocenters. The molecule has 17 heteroatoms. The zero-order valence-electron chi connectivity index (χ0n) is 35.3. The number of ether oxygens (including phenoxy) is 2. The van der Waals surface area contributed by atoms with Gasteiger partial charge in [0.25, 0.3) is 11.8 Å². The zero-order chi connectivity index (χ0) is 44.9. The summed E-state index contributed by atoms with van der Waals surface area (Å²) in [5.41, 5.74) is 6.28. The van der Waals surface area contributed by atoms with Crippen molar-refractivity contribution in [2.24, 2.45) is 0 Å². The number of H-pyrrole nitrogens is 2. The largest absolute Gasteiger partial charge is 0.616 e. The highest BCUT2D eigenvalue weighted by Crippen LogP contribution is 2.39. The second-order valence-corrected chi connectivity index (χ2v) is 17.7. The first-order valence-electron chi connectivity index (χ1n) is 20.8. The van der Waals surface area contributed by atoms with Gasteiger partial charge in [-0.1, -0.05) is 132 Å². The van der Waals surface area contributed by atoms with Crippen LogP contribution in [-0.4, -0.2) is 97.1 Å². The lowest BCUT2D eigenvalue weighted by Crippen LogP contribution is -2.43. The van der Waals surface area contributed by atoms with Crippen molar-refractivity contribution in [1.29, 1.82) is 0 Å². The maximum Gasteiger partial charge on any atom is 0.407 e. The summed E-state index contributed by atoms with van der Waals surface area (Å²) < 4.78 is 22.4. The molecule has 2 saturated heterocycles. The molecule has 4 amide bonds. The molecule has 0 bridgehead atoms. The number of rotatable bonds is 12. The van der Waals surface area contributed by atoms with Gasteiger partial charge in [-0.25, -0.2) is 19.6 Å². The molecule has 6 aromatic rings. The second kappa shape index (κ2) is 19.4. The van der Waals surface area contributed by atoms with Crippen molar-refractivity contribution in [3.05, 3.63) is 143 Å². The fraction of sp³-hybridized carbons (Fsp3) is 0.277. The van der Waals surface area contributed by atoms with Gasteiger partial charge in [0.2, 0.25) is 0 Å². The monoisotopic (exact) mass is 902 g/mol. The molecule has 330 valence electrons. The SMILES string of the molecule is COC(=O)N[C@H](C(=O)N1CCC[C@H]1c1ncc(-c2ccc(-c3ccc(-c4[nH]c([C@@H]5C[C@H]([S+](C)[O-])CN5C(=O)[C@@H](NC(=O)OC)c5ccccc5)nc4Cl)cc3)cc2)[nH]1)c1ccccc1. The first-order chi connectivity index (χ1) is 31.0. The summed E-state index contributed by atoms with van der Waals surface area (Å²) in [7, 11) is 2.50. The van der Waals surface area contributed by atoms with E-state index in [4.69, 9.17) is 26.1 Å². The Balaban J connectivity index is 0.966. The molecule has 2 aromatic heterocycles. The fourth-order valence-electron chi connectivity index (χ4n) is 8.45. The number of aromatic nitrogens is 4. The van der Waals surface area contributed by atoms with Gasteiger partial charge in [0.1, 0.15) is 29.0 Å². The Labute approximate surface area is 378 Å². The minimum absolute atomic E-state index is 0.203. The van der Waals surface area contributed by atoms with Crippen molar-refractivity contribution >= 4 is 46.8 Å². The van der Waals surface area contributed by atoms with Crippen LogP contribution in [0, 0.1) is 0 Å². The van der Waals surface area contributed by atoms with Crippen LogP contribution in [0.2, 0.25) is 5.15 Å². The quantitative estimate of drug-likeness (QED) is 0.0891. The molecule has 15 nitrogen and oxygen atoms in total. The lowest BCUT2D eigenvalue weighted by atomic mass is 10.0. The smallest absolute Gasteiger partial charge is 0.407 e. The average Bonchev–Trinajstić information content (AvgIpc) is 4.17. The molecule has 8 rings (SSSR count). The van der Waals surface area contributed by atoms with Crippen LogP contribution in [0.25, 0.3) is 33.6 Å². The lowest BCUT2D eigenvalue weighted by Gasteiger charge is -2.28. The number of carbonyl (C=O) groups excluding carboxylic acids is 4. The van der Waals surface area contributed by atoms with E-state index in [9.17, 15) is 23.7 Å². The minimum Gasteiger partial charge on any atom is -0.616 e. The first-order valence-corrected chi connectivity index (χ1v) is 22.8. The number of aromatic amines is 2. The summed E-state index contributed by atoms with van der Waals surface area (Å²) in [6.07, 6.45) is 3.86. The molecule has 2 aliphatic rings. The van der Waals surface area contributed by atoms with Crippen LogP contribution in [0.5, 0.6) is 0 Å². The number of amides is 4. The van der Waals surface area contributed by atoms with Crippen LogP contribution in [0.15, 0.2) is 115 Å². The van der Waals surface area contributed by atoms with Crippen molar-refractivity contribution in [1.82, 2.24) is 40.4 Å². The van der Waals surface area contributed by atoms with Crippen LogP contribution in [0.4, 0.5) is 9.59 Å². The van der Waals surface area contributed by atoms with E-state index >= 15 is 0 Å². The van der Waals surface area contributed by atoms with E-state index in [2.05, 4.69) is 25.6 Å². The van der Waals surface area contributed by atoms with E-state index in [0.717, 1.165) is 40.8 Å². The summed E-state index contributed by atoms with van der Waals surface area (Å²) in [5, 5.41) is 5.28. The molecule has 4 aromatic carbocycles. The summed E-state index contributed by atoms with van der Waals surface area (Å²) in [5.74, 6) is 0.503. The highest BCUT2D eigenvalue weighted by molar-refractivity contribution is 7.91. The Kier molecular flexibility index (Phi) is 13.3. The molecular formula is C47H47ClN8O7S. The number of nitrogens with zero attached hydrogens (tertiary/aromatic N) is 4. The van der Waals surface area contributed by atoms with E-state index in [1.54, 1.807) is 58.7 Å². The molecule has 0 saturated carbocycles. The summed E-state index contributed by atoms with van der Waals surface area (Å²) in [4.78, 5) is 72.3. The molecular weight excluding hydrogens is 856 g/mol. The van der Waals surface area contributed by atoms with Gasteiger partial charge in [-0.3, -0.25) is 9.59 Å². The number of benzene rings is 4. The Bertz CT molecular complexity index is 2590. The highest BCUT2D eigenvalue weighted by atomic mass is 35.5. The number of hydrogen-bond acceptors (Lipinski definition) is 9. The van der Waals surface area contributed by atoms with Gasteiger partial charge in [0.15, 0.2) is 5.15 Å². The van der Waals surface area contributed by atoms with Crippen LogP contribution >= 0.6 is 11.6 Å². The van der Waals surface area contributed by atoms with E-state index in [1.165, 1.54) is 14.2 Å². The number of imidazole rings is 2. The molecule has 64 heavy (non-hydrogen) atoms. The molecule has 0 aliphatic carbocycles. The highest BCUT2D eigenvalue weighted by Gasteiger charge is 2.45. The Morgan fingerprint density at radius 2 is 1.27 bits per heavy atom. The second-order valence-electron chi connectivity index (χ2n) is 15.6. The number of carbonyl (C=O) groups is 4. The number of hydrogen-bond donors (Lipinski definition) is 4. The predicted molar refractivity (Wildman–Crippen MR) is 242 cm³/mol. The van der Waals surface area contributed by atoms with Crippen LogP contribution < -0.4 is 10.6 Å². The van der Waals surface area contributed by atoms with Gasteiger partial charge < -0.3 is 44.4 Å². The van der Waals surface area contributed by atoms with Gasteiger partial charge in [0, 0.05) is 18.5 Å². The Hall–Kier alpha value is -6.62. The van der Waals surface area contributed by atoms with Crippen molar-refractivity contribution < 1.29 is 33.2 Å². The number of alkyl carbamates (subject to hydrolysis) is 2. The van der Waals surface area contributed by atoms with Crippen molar-refractivity contribution in [2.45, 2.75) is 48.7 Å². The maximum atomic E-state index is 14.2. The molecule has 2 aliphatic heterocycles. The number of nitrogens with one attached hydrogen (secondary N) is 4. The van der Waals surface area contributed by atoms with Crippen molar-refractivity contribution in [3.63, 3.8) is 0 Å². The van der Waals surface area contributed by atoms with Crippen molar-refractivity contribution in [2.75, 3.05) is 33.6 Å². The average molecular weight is 903 g/mol. The molecule has 4 heterocycles. The fourth-order valence-corrected chi connectivity index (χ4v) is 9.52. The van der Waals surface area contributed by atoms with E-state index in [0.29, 0.717) is 41.4 Å². The summed E-state index contributed by atoms with van der Waals surface area (Å²) in [6.45, 7) is 0.734. The van der Waals surface area contributed by atoms with Crippen molar-refractivity contribution in [3.8, 4) is 33.6 Å². The third-order valence-electron chi connectivity index (χ3n) is 11.8. The Morgan fingerprint density at radius 3 is 1.81 bits per heavy atom. The lowest BCUT2D eigenvalue weighted by molar-refractivity contribution is -0.135. The maximum absolute atomic E-state index is 14.2. The molecule has 2 fully saturated rings. The summed E-state index contributed by atoms with van der Waals surface area (Å²) >= 11 is 5.53. The third-order valence-corrected chi connectivity index (χ3v) is 13.4. The Morgan fingerprint density at radius 1 is 0.734 bits per heavy atom.